The number of nitriles is 1. The van der Waals surface area contributed by atoms with Gasteiger partial charge in [0.2, 0.25) is 0 Å². The molecule has 12 heavy (non-hydrogen) atoms. The van der Waals surface area contributed by atoms with Crippen LogP contribution >= 0.6 is 7.14 Å². The fourth-order valence-electron chi connectivity index (χ4n) is 1.06. The zero-order valence-corrected chi connectivity index (χ0v) is 8.90. The molecule has 0 rings (SSSR count). The predicted octanol–water partition coefficient (Wildman–Crippen LogP) is 2.86. The van der Waals surface area contributed by atoms with Gasteiger partial charge in [0.15, 0.2) is 0 Å². The lowest BCUT2D eigenvalue weighted by Gasteiger charge is -2.13. The van der Waals surface area contributed by atoms with E-state index in [4.69, 9.17) is 5.26 Å². The first-order valence-corrected chi connectivity index (χ1v) is 6.46. The second-order valence-corrected chi connectivity index (χ2v) is 6.67. The van der Waals surface area contributed by atoms with Crippen molar-refractivity contribution in [3.8, 4) is 6.07 Å². The van der Waals surface area contributed by atoms with Crippen molar-refractivity contribution < 1.29 is 4.57 Å². The van der Waals surface area contributed by atoms with E-state index in [0.29, 0.717) is 6.16 Å². The van der Waals surface area contributed by atoms with E-state index in [-0.39, 0.29) is 0 Å². The third kappa shape index (κ3) is 3.74. The monoisotopic (exact) mass is 185 g/mol. The summed E-state index contributed by atoms with van der Waals surface area (Å²) < 4.78 is 11.9. The molecule has 0 unspecified atom stereocenters. The van der Waals surface area contributed by atoms with Crippen LogP contribution in [-0.2, 0) is 4.57 Å². The van der Waals surface area contributed by atoms with Crippen LogP contribution in [0.4, 0.5) is 0 Å². The molecule has 0 aromatic rings. The summed E-state index contributed by atoms with van der Waals surface area (Å²) in [6, 6.07) is 1.96. The molecule has 0 atom stereocenters. The average Bonchev–Trinajstić information content (AvgIpc) is 2.05. The second-order valence-electron chi connectivity index (χ2n) is 2.97. The van der Waals surface area contributed by atoms with Crippen LogP contribution in [-0.4, -0.2) is 18.5 Å². The van der Waals surface area contributed by atoms with Gasteiger partial charge in [-0.3, -0.25) is 0 Å². The third-order valence-corrected chi connectivity index (χ3v) is 5.38. The van der Waals surface area contributed by atoms with Crippen molar-refractivity contribution in [2.24, 2.45) is 0 Å². The Morgan fingerprint density at radius 2 is 2.00 bits per heavy atom. The highest BCUT2D eigenvalue weighted by Crippen LogP contribution is 2.45. The van der Waals surface area contributed by atoms with Gasteiger partial charge in [0.25, 0.3) is 0 Å². The number of hydrogen-bond acceptors (Lipinski definition) is 2. The van der Waals surface area contributed by atoms with Gasteiger partial charge in [-0.1, -0.05) is 19.4 Å². The van der Waals surface area contributed by atoms with Gasteiger partial charge in [0.1, 0.15) is 0 Å². The minimum atomic E-state index is -1.99. The molecule has 0 fully saturated rings. The molecule has 3 heteroatoms. The van der Waals surface area contributed by atoms with Gasteiger partial charge in [-0.05, 0) is 19.2 Å². The van der Waals surface area contributed by atoms with Gasteiger partial charge in [-0.25, -0.2) is 0 Å². The molecule has 0 aliphatic rings. The van der Waals surface area contributed by atoms with Gasteiger partial charge >= 0.3 is 0 Å². The molecule has 0 aliphatic carbocycles. The predicted molar refractivity (Wildman–Crippen MR) is 52.9 cm³/mol. The zero-order valence-electron chi connectivity index (χ0n) is 8.00. The molecular formula is C9H16NOP. The van der Waals surface area contributed by atoms with E-state index in [1.54, 1.807) is 0 Å². The van der Waals surface area contributed by atoms with Crippen molar-refractivity contribution in [2.75, 3.05) is 18.5 Å². The highest BCUT2D eigenvalue weighted by Gasteiger charge is 2.16. The third-order valence-electron chi connectivity index (χ3n) is 2.00. The van der Waals surface area contributed by atoms with Crippen LogP contribution in [0.1, 0.15) is 20.8 Å². The Bertz CT molecular complexity index is 242. The van der Waals surface area contributed by atoms with E-state index < -0.39 is 7.14 Å². The summed E-state index contributed by atoms with van der Waals surface area (Å²) in [6.07, 6.45) is 3.56. The van der Waals surface area contributed by atoms with Crippen LogP contribution in [0.15, 0.2) is 11.6 Å². The summed E-state index contributed by atoms with van der Waals surface area (Å²) in [7, 11) is -1.99. The largest absolute Gasteiger partial charge is 0.323 e. The first-order chi connectivity index (χ1) is 5.58. The molecule has 0 saturated carbocycles. The van der Waals surface area contributed by atoms with Gasteiger partial charge in [0, 0.05) is 12.2 Å². The normalized spacial score (nSPS) is 12.7. The van der Waals surface area contributed by atoms with Crippen LogP contribution in [0.3, 0.4) is 0 Å². The van der Waals surface area contributed by atoms with Crippen LogP contribution in [0.2, 0.25) is 0 Å². The van der Waals surface area contributed by atoms with Gasteiger partial charge in [-0.15, -0.1) is 0 Å². The number of allylic oxidation sites excluding steroid dienone is 2. The van der Waals surface area contributed by atoms with Crippen molar-refractivity contribution in [3.05, 3.63) is 11.6 Å². The van der Waals surface area contributed by atoms with Crippen LogP contribution < -0.4 is 0 Å². The molecule has 0 bridgehead atoms. The zero-order chi connectivity index (χ0) is 9.61. The maximum atomic E-state index is 11.9. The molecule has 0 aromatic carbocycles. The van der Waals surface area contributed by atoms with E-state index in [2.05, 4.69) is 0 Å². The van der Waals surface area contributed by atoms with Crippen molar-refractivity contribution in [2.45, 2.75) is 20.8 Å². The molecule has 0 amide bonds. The lowest BCUT2D eigenvalue weighted by Crippen LogP contribution is -1.96. The smallest absolute Gasteiger partial charge is 0.0911 e. The fourth-order valence-corrected chi connectivity index (χ4v) is 2.95. The Morgan fingerprint density at radius 3 is 2.33 bits per heavy atom. The number of nitrogens with zero attached hydrogens (tertiary/aromatic N) is 1. The van der Waals surface area contributed by atoms with E-state index in [1.807, 2.05) is 26.8 Å². The summed E-state index contributed by atoms with van der Waals surface area (Å²) in [5.41, 5.74) is 0.935. The highest BCUT2D eigenvalue weighted by molar-refractivity contribution is 7.64. The minimum Gasteiger partial charge on any atom is -0.323 e. The molecule has 2 nitrogen and oxygen atoms in total. The summed E-state index contributed by atoms with van der Waals surface area (Å²) in [5.74, 6) is 0. The fraction of sp³-hybridized carbons (Fsp3) is 0.667. The summed E-state index contributed by atoms with van der Waals surface area (Å²) in [4.78, 5) is 0. The molecule has 0 radical (unpaired) electrons. The van der Waals surface area contributed by atoms with Crippen LogP contribution in [0, 0.1) is 11.3 Å². The molecule has 0 aliphatic heterocycles. The van der Waals surface area contributed by atoms with Gasteiger partial charge in [-0.2, -0.15) is 5.26 Å². The molecule has 0 heterocycles. The Hall–Kier alpha value is -0.540. The lowest BCUT2D eigenvalue weighted by molar-refractivity contribution is 0.577. The van der Waals surface area contributed by atoms with Crippen LogP contribution in [0.5, 0.6) is 0 Å². The van der Waals surface area contributed by atoms with E-state index in [0.717, 1.165) is 17.9 Å². The molecule has 0 N–H and O–H groups in total. The molecule has 0 saturated heterocycles. The number of hydrogen-bond donors (Lipinski definition) is 0. The van der Waals surface area contributed by atoms with Gasteiger partial charge < -0.3 is 4.57 Å². The van der Waals surface area contributed by atoms with E-state index in [1.165, 1.54) is 6.08 Å². The van der Waals surface area contributed by atoms with Crippen molar-refractivity contribution in [3.63, 3.8) is 0 Å². The summed E-state index contributed by atoms with van der Waals surface area (Å²) in [6.45, 7) is 5.76. The molecule has 0 spiro atoms. The standard InChI is InChI=1S/C9H16NOP/c1-4-12(11,5-2)8-9(3)6-7-10/h6H,4-5,8H2,1-3H3. The van der Waals surface area contributed by atoms with Gasteiger partial charge in [0.05, 0.1) is 13.2 Å². The van der Waals surface area contributed by atoms with Crippen molar-refractivity contribution >= 4 is 7.14 Å². The summed E-state index contributed by atoms with van der Waals surface area (Å²) in [5, 5.41) is 8.36. The number of rotatable bonds is 4. The molecule has 68 valence electrons. The topological polar surface area (TPSA) is 40.9 Å². The maximum absolute atomic E-state index is 11.9. The second kappa shape index (κ2) is 5.17. The van der Waals surface area contributed by atoms with E-state index in [9.17, 15) is 4.57 Å². The highest BCUT2D eigenvalue weighted by atomic mass is 31.2. The minimum absolute atomic E-state index is 0.605. The van der Waals surface area contributed by atoms with Crippen LogP contribution in [0.25, 0.3) is 0 Å². The Balaban J connectivity index is 4.34. The first-order valence-electron chi connectivity index (χ1n) is 4.20. The van der Waals surface area contributed by atoms with Crippen molar-refractivity contribution in [1.82, 2.24) is 0 Å². The Kier molecular flexibility index (Phi) is 4.93. The Morgan fingerprint density at radius 1 is 1.50 bits per heavy atom. The van der Waals surface area contributed by atoms with Crippen molar-refractivity contribution in [1.29, 1.82) is 5.26 Å². The quantitative estimate of drug-likeness (QED) is 0.499. The molecular weight excluding hydrogens is 169 g/mol. The average molecular weight is 185 g/mol. The summed E-state index contributed by atoms with van der Waals surface area (Å²) >= 11 is 0. The van der Waals surface area contributed by atoms with E-state index >= 15 is 0 Å². The lowest BCUT2D eigenvalue weighted by atomic mass is 10.3. The maximum Gasteiger partial charge on any atom is 0.0911 e. The Labute approximate surface area is 74.7 Å². The molecule has 0 aromatic heterocycles. The SMILES string of the molecule is CCP(=O)(CC)CC(C)=CC#N. The first kappa shape index (κ1) is 11.5.